The third kappa shape index (κ3) is 3.26. The lowest BCUT2D eigenvalue weighted by atomic mass is 9.80. The zero-order chi connectivity index (χ0) is 20.9. The Morgan fingerprint density at radius 1 is 1.27 bits per heavy atom. The Hall–Kier alpha value is -2.52. The summed E-state index contributed by atoms with van der Waals surface area (Å²) in [5, 5.41) is 4.13. The maximum absolute atomic E-state index is 13.0. The third-order valence-corrected chi connectivity index (χ3v) is 6.37. The number of ether oxygens (including phenoxy) is 2. The van der Waals surface area contributed by atoms with Gasteiger partial charge in [-0.1, -0.05) is 0 Å². The quantitative estimate of drug-likeness (QED) is 0.731. The molecule has 0 aliphatic carbocycles. The normalized spacial score (nSPS) is 28.8. The van der Waals surface area contributed by atoms with E-state index in [1.807, 2.05) is 11.1 Å². The van der Waals surface area contributed by atoms with E-state index in [0.717, 1.165) is 36.7 Å². The molecule has 0 saturated carbocycles. The van der Waals surface area contributed by atoms with Crippen LogP contribution in [0, 0.1) is 0 Å². The lowest BCUT2D eigenvalue weighted by Crippen LogP contribution is -2.47. The molecule has 5 rings (SSSR count). The standard InChI is InChI=1S/C21H28N6O3/c1-14-9-27(10-15(2)30-14)20-22-8-16-11-29-13-21(18(16)24-20)5-7-26(12-21)19(28)17-4-6-23-25(17)3/h4,6,8,14-15H,5,7,9-13H2,1-3H3/t14-,15-,21-/m1/s1. The number of fused-ring (bicyclic) bond motifs is 2. The molecule has 9 heteroatoms. The zero-order valence-electron chi connectivity index (χ0n) is 17.7. The Morgan fingerprint density at radius 3 is 2.80 bits per heavy atom. The van der Waals surface area contributed by atoms with Crippen molar-refractivity contribution in [1.29, 1.82) is 0 Å². The average Bonchev–Trinajstić information content (AvgIpc) is 3.34. The molecule has 160 valence electrons. The van der Waals surface area contributed by atoms with Gasteiger partial charge in [-0.2, -0.15) is 5.10 Å². The van der Waals surface area contributed by atoms with E-state index in [4.69, 9.17) is 14.5 Å². The fourth-order valence-corrected chi connectivity index (χ4v) is 4.98. The lowest BCUT2D eigenvalue weighted by molar-refractivity contribution is -0.00584. The van der Waals surface area contributed by atoms with Crippen molar-refractivity contribution in [2.45, 2.75) is 44.5 Å². The maximum Gasteiger partial charge on any atom is 0.272 e. The summed E-state index contributed by atoms with van der Waals surface area (Å²) in [6.45, 7) is 8.07. The molecule has 3 aliphatic heterocycles. The van der Waals surface area contributed by atoms with Gasteiger partial charge in [0.2, 0.25) is 5.95 Å². The fraction of sp³-hybridized carbons (Fsp3) is 0.619. The summed E-state index contributed by atoms with van der Waals surface area (Å²) in [6.07, 6.45) is 4.67. The number of aryl methyl sites for hydroxylation is 1. The van der Waals surface area contributed by atoms with Crippen molar-refractivity contribution in [3.63, 3.8) is 0 Å². The van der Waals surface area contributed by atoms with Crippen LogP contribution in [0.25, 0.3) is 0 Å². The first-order valence-corrected chi connectivity index (χ1v) is 10.6. The highest BCUT2D eigenvalue weighted by molar-refractivity contribution is 5.92. The van der Waals surface area contributed by atoms with Crippen molar-refractivity contribution in [3.05, 3.63) is 35.4 Å². The molecule has 2 fully saturated rings. The second-order valence-corrected chi connectivity index (χ2v) is 8.80. The third-order valence-electron chi connectivity index (χ3n) is 6.37. The van der Waals surface area contributed by atoms with Gasteiger partial charge in [0.25, 0.3) is 5.91 Å². The molecule has 3 aliphatic rings. The molecule has 0 bridgehead atoms. The van der Waals surface area contributed by atoms with Crippen molar-refractivity contribution in [2.75, 3.05) is 37.7 Å². The van der Waals surface area contributed by atoms with Crippen LogP contribution in [0.5, 0.6) is 0 Å². The highest BCUT2D eigenvalue weighted by Gasteiger charge is 2.47. The lowest BCUT2D eigenvalue weighted by Gasteiger charge is -2.38. The largest absolute Gasteiger partial charge is 0.376 e. The number of nitrogens with zero attached hydrogens (tertiary/aromatic N) is 6. The smallest absolute Gasteiger partial charge is 0.272 e. The van der Waals surface area contributed by atoms with Crippen LogP contribution in [-0.2, 0) is 28.5 Å². The highest BCUT2D eigenvalue weighted by Crippen LogP contribution is 2.40. The first kappa shape index (κ1) is 19.4. The summed E-state index contributed by atoms with van der Waals surface area (Å²) in [5.41, 5.74) is 2.37. The second kappa shape index (κ2) is 7.31. The van der Waals surface area contributed by atoms with Crippen LogP contribution in [0.3, 0.4) is 0 Å². The van der Waals surface area contributed by atoms with Crippen LogP contribution in [0.15, 0.2) is 18.5 Å². The van der Waals surface area contributed by atoms with Gasteiger partial charge in [0.05, 0.1) is 36.5 Å². The van der Waals surface area contributed by atoms with E-state index < -0.39 is 0 Å². The maximum atomic E-state index is 13.0. The molecule has 2 saturated heterocycles. The van der Waals surface area contributed by atoms with Crippen LogP contribution in [0.1, 0.15) is 42.0 Å². The SMILES string of the molecule is C[C@@H]1CN(c2ncc3c(n2)[C@@]2(CCN(C(=O)c4ccnn4C)C2)COC3)C[C@@H](C)O1. The highest BCUT2D eigenvalue weighted by atomic mass is 16.5. The summed E-state index contributed by atoms with van der Waals surface area (Å²) in [6, 6.07) is 1.76. The van der Waals surface area contributed by atoms with Crippen molar-refractivity contribution >= 4 is 11.9 Å². The molecule has 1 amide bonds. The minimum absolute atomic E-state index is 0.00380. The van der Waals surface area contributed by atoms with Gasteiger partial charge in [0, 0.05) is 51.2 Å². The van der Waals surface area contributed by atoms with Gasteiger partial charge in [-0.3, -0.25) is 9.48 Å². The number of carbonyl (C=O) groups is 1. The molecule has 2 aromatic rings. The van der Waals surface area contributed by atoms with Crippen molar-refractivity contribution in [3.8, 4) is 0 Å². The monoisotopic (exact) mass is 412 g/mol. The molecular formula is C21H28N6O3. The number of anilines is 1. The Kier molecular flexibility index (Phi) is 4.74. The van der Waals surface area contributed by atoms with Crippen molar-refractivity contribution < 1.29 is 14.3 Å². The number of carbonyl (C=O) groups excluding carboxylic acids is 1. The van der Waals surface area contributed by atoms with Gasteiger partial charge in [0.15, 0.2) is 0 Å². The number of aromatic nitrogens is 4. The van der Waals surface area contributed by atoms with Crippen LogP contribution in [0.2, 0.25) is 0 Å². The van der Waals surface area contributed by atoms with E-state index in [9.17, 15) is 4.79 Å². The van der Waals surface area contributed by atoms with E-state index >= 15 is 0 Å². The molecule has 3 atom stereocenters. The van der Waals surface area contributed by atoms with E-state index in [1.54, 1.807) is 24.0 Å². The van der Waals surface area contributed by atoms with E-state index in [1.165, 1.54) is 0 Å². The summed E-state index contributed by atoms with van der Waals surface area (Å²) in [4.78, 5) is 26.8. The number of amides is 1. The molecule has 2 aromatic heterocycles. The Morgan fingerprint density at radius 2 is 2.07 bits per heavy atom. The molecule has 0 aromatic carbocycles. The molecular weight excluding hydrogens is 384 g/mol. The first-order chi connectivity index (χ1) is 14.4. The van der Waals surface area contributed by atoms with E-state index in [0.29, 0.717) is 32.0 Å². The Labute approximate surface area is 176 Å². The first-order valence-electron chi connectivity index (χ1n) is 10.6. The molecule has 5 heterocycles. The Bertz CT molecular complexity index is 952. The predicted octanol–water partition coefficient (Wildman–Crippen LogP) is 1.14. The number of hydrogen-bond donors (Lipinski definition) is 0. The van der Waals surface area contributed by atoms with Gasteiger partial charge in [-0.15, -0.1) is 0 Å². The zero-order valence-corrected chi connectivity index (χ0v) is 17.7. The summed E-state index contributed by atoms with van der Waals surface area (Å²) >= 11 is 0. The van der Waals surface area contributed by atoms with E-state index in [2.05, 4.69) is 28.8 Å². The van der Waals surface area contributed by atoms with Gasteiger partial charge in [-0.25, -0.2) is 9.97 Å². The van der Waals surface area contributed by atoms with Crippen LogP contribution < -0.4 is 4.90 Å². The number of rotatable bonds is 2. The molecule has 0 N–H and O–H groups in total. The van der Waals surface area contributed by atoms with Crippen LogP contribution in [-0.4, -0.2) is 75.5 Å². The molecule has 0 radical (unpaired) electrons. The Balaban J connectivity index is 1.43. The second-order valence-electron chi connectivity index (χ2n) is 8.80. The predicted molar refractivity (Wildman–Crippen MR) is 109 cm³/mol. The number of likely N-dealkylation sites (tertiary alicyclic amines) is 1. The van der Waals surface area contributed by atoms with Gasteiger partial charge in [0.1, 0.15) is 5.69 Å². The van der Waals surface area contributed by atoms with E-state index in [-0.39, 0.29) is 23.5 Å². The fourth-order valence-electron chi connectivity index (χ4n) is 4.98. The van der Waals surface area contributed by atoms with Crippen LogP contribution in [0.4, 0.5) is 5.95 Å². The van der Waals surface area contributed by atoms with Gasteiger partial charge >= 0.3 is 0 Å². The summed E-state index contributed by atoms with van der Waals surface area (Å²) in [7, 11) is 1.79. The molecule has 0 unspecified atom stereocenters. The molecule has 9 nitrogen and oxygen atoms in total. The van der Waals surface area contributed by atoms with Crippen molar-refractivity contribution in [1.82, 2.24) is 24.6 Å². The summed E-state index contributed by atoms with van der Waals surface area (Å²) < 4.78 is 13.4. The minimum Gasteiger partial charge on any atom is -0.376 e. The number of morpholine rings is 1. The van der Waals surface area contributed by atoms with Crippen LogP contribution >= 0.6 is 0 Å². The molecule has 1 spiro atoms. The minimum atomic E-state index is -0.289. The molecule has 30 heavy (non-hydrogen) atoms. The van der Waals surface area contributed by atoms with Crippen molar-refractivity contribution in [2.24, 2.45) is 7.05 Å². The average molecular weight is 412 g/mol. The summed E-state index contributed by atoms with van der Waals surface area (Å²) in [5.74, 6) is 0.748. The topological polar surface area (TPSA) is 85.6 Å². The van der Waals surface area contributed by atoms with Gasteiger partial charge < -0.3 is 19.3 Å². The van der Waals surface area contributed by atoms with Gasteiger partial charge in [-0.05, 0) is 26.3 Å². The number of hydrogen-bond acceptors (Lipinski definition) is 7.